The van der Waals surface area contributed by atoms with Gasteiger partial charge in [0.25, 0.3) is 11.8 Å². The highest BCUT2D eigenvalue weighted by Gasteiger charge is 2.52. The number of rotatable bonds is 6. The molecule has 25 heavy (non-hydrogen) atoms. The molecule has 1 aliphatic heterocycles. The summed E-state index contributed by atoms with van der Waals surface area (Å²) in [4.78, 5) is 48.1. The fourth-order valence-corrected chi connectivity index (χ4v) is 3.10. The number of carbonyl (C=O) groups excluding carboxylic acids is 4. The first-order valence-corrected chi connectivity index (χ1v) is 8.85. The molecule has 0 atom stereocenters. The first-order valence-electron chi connectivity index (χ1n) is 8.85. The molecular weight excluding hydrogens is 326 g/mol. The van der Waals surface area contributed by atoms with Crippen LogP contribution in [-0.4, -0.2) is 41.0 Å². The van der Waals surface area contributed by atoms with Gasteiger partial charge in [0, 0.05) is 6.42 Å². The highest BCUT2D eigenvalue weighted by atomic mass is 16.5. The summed E-state index contributed by atoms with van der Waals surface area (Å²) in [7, 11) is 0. The zero-order valence-corrected chi connectivity index (χ0v) is 15.1. The molecule has 4 amide bonds. The maximum absolute atomic E-state index is 12.6. The lowest BCUT2D eigenvalue weighted by molar-refractivity contribution is -0.151. The summed E-state index contributed by atoms with van der Waals surface area (Å²) in [6.45, 7) is 5.57. The molecule has 1 aliphatic carbocycles. The fraction of sp³-hybridized carbons (Fsp3) is 0.765. The summed E-state index contributed by atoms with van der Waals surface area (Å²) in [6.07, 6.45) is 3.73. The molecule has 2 N–H and O–H groups in total. The van der Waals surface area contributed by atoms with Crippen molar-refractivity contribution in [3.05, 3.63) is 0 Å². The standard InChI is InChI=1S/C17H27N3O5/c1-11(2)4-5-14(22)25-10-13(21)19-20-15(23)17(18-16(20)24)8-6-12(3)7-9-17/h11-12H,4-10H2,1-3H3,(H,18,24)(H,19,21). The van der Waals surface area contributed by atoms with E-state index in [1.54, 1.807) is 0 Å². The molecule has 8 nitrogen and oxygen atoms in total. The van der Waals surface area contributed by atoms with Gasteiger partial charge in [0.2, 0.25) is 0 Å². The number of amides is 4. The predicted molar refractivity (Wildman–Crippen MR) is 88.9 cm³/mol. The number of nitrogens with zero attached hydrogens (tertiary/aromatic N) is 1. The molecule has 2 fully saturated rings. The van der Waals surface area contributed by atoms with Crippen LogP contribution in [0.2, 0.25) is 0 Å². The van der Waals surface area contributed by atoms with Crippen LogP contribution in [0.15, 0.2) is 0 Å². The monoisotopic (exact) mass is 353 g/mol. The second kappa shape index (κ2) is 7.84. The number of urea groups is 1. The molecule has 0 aromatic carbocycles. The van der Waals surface area contributed by atoms with Crippen LogP contribution in [0, 0.1) is 11.8 Å². The average Bonchev–Trinajstić information content (AvgIpc) is 2.78. The van der Waals surface area contributed by atoms with E-state index >= 15 is 0 Å². The second-order valence-corrected chi connectivity index (χ2v) is 7.46. The van der Waals surface area contributed by atoms with Crippen LogP contribution in [0.1, 0.15) is 59.3 Å². The molecule has 1 saturated carbocycles. The van der Waals surface area contributed by atoms with Crippen molar-refractivity contribution in [2.24, 2.45) is 11.8 Å². The molecule has 0 aromatic rings. The third-order valence-corrected chi connectivity index (χ3v) is 4.82. The van der Waals surface area contributed by atoms with Gasteiger partial charge in [0.15, 0.2) is 6.61 Å². The van der Waals surface area contributed by atoms with Crippen LogP contribution in [0.25, 0.3) is 0 Å². The Morgan fingerprint density at radius 3 is 2.56 bits per heavy atom. The van der Waals surface area contributed by atoms with Crippen LogP contribution in [0.4, 0.5) is 4.79 Å². The minimum absolute atomic E-state index is 0.232. The number of esters is 1. The number of carbonyl (C=O) groups is 4. The van der Waals surface area contributed by atoms with E-state index in [4.69, 9.17) is 4.74 Å². The van der Waals surface area contributed by atoms with Gasteiger partial charge in [-0.2, -0.15) is 5.01 Å². The van der Waals surface area contributed by atoms with Crippen LogP contribution in [-0.2, 0) is 19.1 Å². The highest BCUT2D eigenvalue weighted by Crippen LogP contribution is 2.35. The third-order valence-electron chi connectivity index (χ3n) is 4.82. The van der Waals surface area contributed by atoms with Crippen molar-refractivity contribution < 1.29 is 23.9 Å². The number of imide groups is 1. The molecular formula is C17H27N3O5. The van der Waals surface area contributed by atoms with Crippen molar-refractivity contribution in [2.75, 3.05) is 6.61 Å². The minimum Gasteiger partial charge on any atom is -0.455 e. The Morgan fingerprint density at radius 2 is 1.96 bits per heavy atom. The summed E-state index contributed by atoms with van der Waals surface area (Å²) >= 11 is 0. The molecule has 2 rings (SSSR count). The Balaban J connectivity index is 1.83. The first kappa shape index (κ1) is 19.2. The van der Waals surface area contributed by atoms with Gasteiger partial charge in [-0.1, -0.05) is 20.8 Å². The van der Waals surface area contributed by atoms with Crippen LogP contribution in [0.5, 0.6) is 0 Å². The quantitative estimate of drug-likeness (QED) is 0.556. The lowest BCUT2D eigenvalue weighted by Crippen LogP contribution is -2.52. The van der Waals surface area contributed by atoms with Gasteiger partial charge in [0.1, 0.15) is 5.54 Å². The summed E-state index contributed by atoms with van der Waals surface area (Å²) in [5, 5.41) is 3.42. The number of hydrogen-bond donors (Lipinski definition) is 2. The van der Waals surface area contributed by atoms with Gasteiger partial charge in [-0.15, -0.1) is 0 Å². The van der Waals surface area contributed by atoms with Crippen molar-refractivity contribution in [1.29, 1.82) is 0 Å². The molecule has 0 aromatic heterocycles. The molecule has 8 heteroatoms. The van der Waals surface area contributed by atoms with E-state index in [1.807, 2.05) is 13.8 Å². The summed E-state index contributed by atoms with van der Waals surface area (Å²) < 4.78 is 4.87. The van der Waals surface area contributed by atoms with Crippen LogP contribution >= 0.6 is 0 Å². The number of nitrogens with one attached hydrogen (secondary N) is 2. The van der Waals surface area contributed by atoms with E-state index in [1.165, 1.54) is 0 Å². The molecule has 1 heterocycles. The van der Waals surface area contributed by atoms with Crippen LogP contribution in [0.3, 0.4) is 0 Å². The molecule has 140 valence electrons. The van der Waals surface area contributed by atoms with Gasteiger partial charge >= 0.3 is 12.0 Å². The molecule has 0 radical (unpaired) electrons. The van der Waals surface area contributed by atoms with Crippen molar-refractivity contribution in [3.8, 4) is 0 Å². The minimum atomic E-state index is -0.912. The van der Waals surface area contributed by atoms with Gasteiger partial charge in [0.05, 0.1) is 0 Å². The number of hydrogen-bond acceptors (Lipinski definition) is 5. The topological polar surface area (TPSA) is 105 Å². The second-order valence-electron chi connectivity index (χ2n) is 7.46. The zero-order valence-electron chi connectivity index (χ0n) is 15.1. The molecule has 1 saturated heterocycles. The van der Waals surface area contributed by atoms with E-state index in [0.29, 0.717) is 36.1 Å². The van der Waals surface area contributed by atoms with E-state index in [2.05, 4.69) is 17.7 Å². The van der Waals surface area contributed by atoms with Gasteiger partial charge < -0.3 is 10.1 Å². The Hall–Kier alpha value is -2.12. The van der Waals surface area contributed by atoms with E-state index in [0.717, 1.165) is 12.8 Å². The molecule has 0 bridgehead atoms. The molecule has 1 spiro atoms. The number of hydrazine groups is 1. The maximum Gasteiger partial charge on any atom is 0.344 e. The Morgan fingerprint density at radius 1 is 1.32 bits per heavy atom. The Kier molecular flexibility index (Phi) is 6.02. The zero-order chi connectivity index (χ0) is 18.6. The fourth-order valence-electron chi connectivity index (χ4n) is 3.10. The van der Waals surface area contributed by atoms with Crippen molar-refractivity contribution >= 4 is 23.8 Å². The number of ether oxygens (including phenoxy) is 1. The third kappa shape index (κ3) is 4.70. The highest BCUT2D eigenvalue weighted by molar-refractivity contribution is 6.08. The Labute approximate surface area is 147 Å². The van der Waals surface area contributed by atoms with Gasteiger partial charge in [-0.05, 0) is 43.9 Å². The normalized spacial score (nSPS) is 26.1. The maximum atomic E-state index is 12.6. The SMILES string of the molecule is CC(C)CCC(=O)OCC(=O)NN1C(=O)NC2(CCC(C)CC2)C1=O. The van der Waals surface area contributed by atoms with Gasteiger partial charge in [-0.3, -0.25) is 19.8 Å². The van der Waals surface area contributed by atoms with E-state index < -0.39 is 36.0 Å². The Bertz CT molecular complexity index is 552. The van der Waals surface area contributed by atoms with Crippen molar-refractivity contribution in [3.63, 3.8) is 0 Å². The van der Waals surface area contributed by atoms with Crippen LogP contribution < -0.4 is 10.7 Å². The van der Waals surface area contributed by atoms with E-state index in [-0.39, 0.29) is 6.42 Å². The average molecular weight is 353 g/mol. The molecule has 2 aliphatic rings. The summed E-state index contributed by atoms with van der Waals surface area (Å²) in [5.74, 6) is -0.740. The lowest BCUT2D eigenvalue weighted by atomic mass is 9.77. The lowest BCUT2D eigenvalue weighted by Gasteiger charge is -2.33. The predicted octanol–water partition coefficient (Wildman–Crippen LogP) is 1.50. The first-order chi connectivity index (χ1) is 11.7. The van der Waals surface area contributed by atoms with Crippen molar-refractivity contribution in [1.82, 2.24) is 15.8 Å². The largest absolute Gasteiger partial charge is 0.455 e. The van der Waals surface area contributed by atoms with Crippen molar-refractivity contribution in [2.45, 2.75) is 64.8 Å². The van der Waals surface area contributed by atoms with Gasteiger partial charge in [-0.25, -0.2) is 4.79 Å². The summed E-state index contributed by atoms with van der Waals surface area (Å²) in [6, 6.07) is -0.640. The molecule has 0 unspecified atom stereocenters. The van der Waals surface area contributed by atoms with E-state index in [9.17, 15) is 19.2 Å². The smallest absolute Gasteiger partial charge is 0.344 e. The summed E-state index contributed by atoms with van der Waals surface area (Å²) in [5.41, 5.74) is 1.33.